The zero-order valence-electron chi connectivity index (χ0n) is 8.42. The standard InChI is InChI=1S/C13H14O/c1-3-5-6-13(14)12-9-7-11(4-2)8-10-12/h1,7-10H,4-6H2,2H3. The molecule has 1 rings (SSSR count). The molecule has 0 heterocycles. The van der Waals surface area contributed by atoms with E-state index in [0.717, 1.165) is 12.0 Å². The van der Waals surface area contributed by atoms with Gasteiger partial charge in [-0.3, -0.25) is 4.79 Å². The van der Waals surface area contributed by atoms with Gasteiger partial charge in [-0.2, -0.15) is 0 Å². The summed E-state index contributed by atoms with van der Waals surface area (Å²) < 4.78 is 0. The van der Waals surface area contributed by atoms with Crippen molar-refractivity contribution in [1.29, 1.82) is 0 Å². The minimum absolute atomic E-state index is 0.130. The topological polar surface area (TPSA) is 17.1 Å². The fraction of sp³-hybridized carbons (Fsp3) is 0.308. The van der Waals surface area contributed by atoms with Crippen LogP contribution in [0.5, 0.6) is 0 Å². The summed E-state index contributed by atoms with van der Waals surface area (Å²) in [6.45, 7) is 2.09. The molecule has 1 aromatic rings. The van der Waals surface area contributed by atoms with Crippen LogP contribution in [0, 0.1) is 12.3 Å². The molecule has 1 aromatic carbocycles. The van der Waals surface area contributed by atoms with Crippen molar-refractivity contribution in [3.63, 3.8) is 0 Å². The summed E-state index contributed by atoms with van der Waals surface area (Å²) in [5.74, 6) is 2.60. The highest BCUT2D eigenvalue weighted by Crippen LogP contribution is 2.08. The lowest BCUT2D eigenvalue weighted by molar-refractivity contribution is 0.0984. The Morgan fingerprint density at radius 2 is 2.00 bits per heavy atom. The molecule has 0 saturated heterocycles. The number of hydrogen-bond donors (Lipinski definition) is 0. The third-order valence-electron chi connectivity index (χ3n) is 2.18. The molecular formula is C13H14O. The number of terminal acetylenes is 1. The Labute approximate surface area is 85.1 Å². The summed E-state index contributed by atoms with van der Waals surface area (Å²) in [6.07, 6.45) is 7.07. The van der Waals surface area contributed by atoms with E-state index in [0.29, 0.717) is 12.8 Å². The Hall–Kier alpha value is -1.55. The van der Waals surface area contributed by atoms with Crippen molar-refractivity contribution in [1.82, 2.24) is 0 Å². The highest BCUT2D eigenvalue weighted by atomic mass is 16.1. The summed E-state index contributed by atoms with van der Waals surface area (Å²) in [7, 11) is 0. The van der Waals surface area contributed by atoms with Crippen molar-refractivity contribution in [3.8, 4) is 12.3 Å². The maximum atomic E-state index is 11.5. The van der Waals surface area contributed by atoms with E-state index in [4.69, 9.17) is 6.42 Å². The first-order chi connectivity index (χ1) is 6.77. The molecule has 0 radical (unpaired) electrons. The zero-order valence-corrected chi connectivity index (χ0v) is 8.42. The average molecular weight is 186 g/mol. The van der Waals surface area contributed by atoms with Crippen LogP contribution in [0.1, 0.15) is 35.7 Å². The van der Waals surface area contributed by atoms with E-state index in [2.05, 4.69) is 12.8 Å². The van der Waals surface area contributed by atoms with Crippen LogP contribution in [-0.2, 0) is 6.42 Å². The van der Waals surface area contributed by atoms with Gasteiger partial charge in [-0.05, 0) is 12.0 Å². The second-order valence-corrected chi connectivity index (χ2v) is 3.18. The number of rotatable bonds is 4. The minimum atomic E-state index is 0.130. The quantitative estimate of drug-likeness (QED) is 0.522. The minimum Gasteiger partial charge on any atom is -0.294 e. The molecule has 0 spiro atoms. The zero-order chi connectivity index (χ0) is 10.4. The van der Waals surface area contributed by atoms with Crippen LogP contribution >= 0.6 is 0 Å². The number of carbonyl (C=O) groups is 1. The average Bonchev–Trinajstić information content (AvgIpc) is 2.26. The molecule has 14 heavy (non-hydrogen) atoms. The summed E-state index contributed by atoms with van der Waals surface area (Å²) in [5, 5.41) is 0. The van der Waals surface area contributed by atoms with Crippen LogP contribution in [0.4, 0.5) is 0 Å². The Bertz CT molecular complexity index is 340. The number of carbonyl (C=O) groups excluding carboxylic acids is 1. The fourth-order valence-electron chi connectivity index (χ4n) is 1.26. The van der Waals surface area contributed by atoms with Crippen LogP contribution in [-0.4, -0.2) is 5.78 Å². The van der Waals surface area contributed by atoms with Gasteiger partial charge in [0, 0.05) is 18.4 Å². The van der Waals surface area contributed by atoms with Gasteiger partial charge >= 0.3 is 0 Å². The van der Waals surface area contributed by atoms with Gasteiger partial charge in [0.1, 0.15) is 0 Å². The third kappa shape index (κ3) is 2.74. The lowest BCUT2D eigenvalue weighted by Crippen LogP contribution is -1.98. The third-order valence-corrected chi connectivity index (χ3v) is 2.18. The first-order valence-corrected chi connectivity index (χ1v) is 4.83. The molecule has 0 aliphatic heterocycles. The SMILES string of the molecule is C#CCCC(=O)c1ccc(CC)cc1. The Morgan fingerprint density at radius 3 is 2.50 bits per heavy atom. The van der Waals surface area contributed by atoms with E-state index in [1.54, 1.807) is 0 Å². The first kappa shape index (κ1) is 10.5. The van der Waals surface area contributed by atoms with Crippen LogP contribution in [0.25, 0.3) is 0 Å². The van der Waals surface area contributed by atoms with Gasteiger partial charge in [-0.15, -0.1) is 12.3 Å². The molecule has 0 aliphatic rings. The van der Waals surface area contributed by atoms with Crippen molar-refractivity contribution in [2.45, 2.75) is 26.2 Å². The maximum absolute atomic E-state index is 11.5. The van der Waals surface area contributed by atoms with Gasteiger partial charge in [-0.1, -0.05) is 31.2 Å². The number of ketones is 1. The summed E-state index contributed by atoms with van der Waals surface area (Å²) >= 11 is 0. The largest absolute Gasteiger partial charge is 0.294 e. The molecule has 0 aliphatic carbocycles. The first-order valence-electron chi connectivity index (χ1n) is 4.83. The number of hydrogen-bond acceptors (Lipinski definition) is 1. The molecule has 0 N–H and O–H groups in total. The van der Waals surface area contributed by atoms with Gasteiger partial charge in [0.2, 0.25) is 0 Å². The van der Waals surface area contributed by atoms with E-state index in [1.165, 1.54) is 5.56 Å². The lowest BCUT2D eigenvalue weighted by Gasteiger charge is -2.00. The monoisotopic (exact) mass is 186 g/mol. The maximum Gasteiger partial charge on any atom is 0.163 e. The van der Waals surface area contributed by atoms with E-state index < -0.39 is 0 Å². The molecule has 0 aromatic heterocycles. The number of Topliss-reactive ketones (excluding diaryl/α,β-unsaturated/α-hetero) is 1. The highest BCUT2D eigenvalue weighted by Gasteiger charge is 2.03. The second kappa shape index (κ2) is 5.24. The molecule has 0 fully saturated rings. The molecule has 0 bridgehead atoms. The van der Waals surface area contributed by atoms with Crippen molar-refractivity contribution in [2.24, 2.45) is 0 Å². The van der Waals surface area contributed by atoms with Gasteiger partial charge in [0.05, 0.1) is 0 Å². The fourth-order valence-corrected chi connectivity index (χ4v) is 1.26. The molecule has 72 valence electrons. The molecule has 0 unspecified atom stereocenters. The van der Waals surface area contributed by atoms with E-state index in [9.17, 15) is 4.79 Å². The Morgan fingerprint density at radius 1 is 1.36 bits per heavy atom. The van der Waals surface area contributed by atoms with Crippen LogP contribution in [0.15, 0.2) is 24.3 Å². The van der Waals surface area contributed by atoms with Gasteiger partial charge in [0.15, 0.2) is 5.78 Å². The van der Waals surface area contributed by atoms with Gasteiger partial charge < -0.3 is 0 Å². The van der Waals surface area contributed by atoms with E-state index >= 15 is 0 Å². The van der Waals surface area contributed by atoms with Crippen molar-refractivity contribution >= 4 is 5.78 Å². The second-order valence-electron chi connectivity index (χ2n) is 3.18. The van der Waals surface area contributed by atoms with E-state index in [-0.39, 0.29) is 5.78 Å². The molecule has 0 atom stereocenters. The molecular weight excluding hydrogens is 172 g/mol. The molecule has 0 amide bonds. The Kier molecular flexibility index (Phi) is 3.94. The van der Waals surface area contributed by atoms with Crippen LogP contribution < -0.4 is 0 Å². The van der Waals surface area contributed by atoms with Crippen LogP contribution in [0.3, 0.4) is 0 Å². The van der Waals surface area contributed by atoms with Gasteiger partial charge in [-0.25, -0.2) is 0 Å². The summed E-state index contributed by atoms with van der Waals surface area (Å²) in [4.78, 5) is 11.5. The van der Waals surface area contributed by atoms with Gasteiger partial charge in [0.25, 0.3) is 0 Å². The lowest BCUT2D eigenvalue weighted by atomic mass is 10.0. The van der Waals surface area contributed by atoms with Crippen molar-refractivity contribution in [3.05, 3.63) is 35.4 Å². The molecule has 0 saturated carbocycles. The smallest absolute Gasteiger partial charge is 0.163 e. The number of aryl methyl sites for hydroxylation is 1. The molecule has 1 nitrogen and oxygen atoms in total. The predicted molar refractivity (Wildman–Crippen MR) is 58.2 cm³/mol. The van der Waals surface area contributed by atoms with E-state index in [1.807, 2.05) is 24.3 Å². The molecule has 1 heteroatoms. The Balaban J connectivity index is 2.67. The summed E-state index contributed by atoms with van der Waals surface area (Å²) in [5.41, 5.74) is 2.01. The van der Waals surface area contributed by atoms with Crippen molar-refractivity contribution in [2.75, 3.05) is 0 Å². The normalized spacial score (nSPS) is 9.43. The number of benzene rings is 1. The van der Waals surface area contributed by atoms with Crippen LogP contribution in [0.2, 0.25) is 0 Å². The highest BCUT2D eigenvalue weighted by molar-refractivity contribution is 5.96. The van der Waals surface area contributed by atoms with Crippen molar-refractivity contribution < 1.29 is 4.79 Å². The summed E-state index contributed by atoms with van der Waals surface area (Å²) in [6, 6.07) is 7.72. The predicted octanol–water partition coefficient (Wildman–Crippen LogP) is 2.85.